The minimum absolute atomic E-state index is 0.0577. The van der Waals surface area contributed by atoms with E-state index < -0.39 is 0 Å². The Kier molecular flexibility index (Phi) is 5.27. The SMILES string of the molecule is CCN(CC)CCCNC(=O)c1ccn2c(C)nnc2c1. The second-order valence-electron chi connectivity index (χ2n) is 5.03. The first-order valence-electron chi connectivity index (χ1n) is 7.47. The summed E-state index contributed by atoms with van der Waals surface area (Å²) >= 11 is 0. The van der Waals surface area contributed by atoms with Crippen molar-refractivity contribution in [1.82, 2.24) is 24.8 Å². The predicted molar refractivity (Wildman–Crippen MR) is 82.5 cm³/mol. The Hall–Kier alpha value is -1.95. The minimum atomic E-state index is -0.0577. The third kappa shape index (κ3) is 3.78. The van der Waals surface area contributed by atoms with Gasteiger partial charge in [-0.2, -0.15) is 0 Å². The van der Waals surface area contributed by atoms with Crippen molar-refractivity contribution >= 4 is 11.6 Å². The summed E-state index contributed by atoms with van der Waals surface area (Å²) in [6.07, 6.45) is 2.79. The van der Waals surface area contributed by atoms with Gasteiger partial charge in [-0.1, -0.05) is 13.8 Å². The van der Waals surface area contributed by atoms with E-state index in [0.29, 0.717) is 17.8 Å². The average Bonchev–Trinajstić information content (AvgIpc) is 2.88. The summed E-state index contributed by atoms with van der Waals surface area (Å²) in [5, 5.41) is 11.0. The molecule has 6 nitrogen and oxygen atoms in total. The molecule has 6 heteroatoms. The zero-order valence-corrected chi connectivity index (χ0v) is 13.0. The van der Waals surface area contributed by atoms with E-state index in [1.54, 1.807) is 12.1 Å². The molecule has 2 aromatic rings. The predicted octanol–water partition coefficient (Wildman–Crippen LogP) is 1.50. The Morgan fingerprint density at radius 2 is 2.10 bits per heavy atom. The summed E-state index contributed by atoms with van der Waals surface area (Å²) in [4.78, 5) is 14.4. The van der Waals surface area contributed by atoms with Crippen molar-refractivity contribution in [2.75, 3.05) is 26.2 Å². The van der Waals surface area contributed by atoms with Crippen LogP contribution in [0, 0.1) is 6.92 Å². The van der Waals surface area contributed by atoms with Crippen LogP contribution in [0.2, 0.25) is 0 Å². The fourth-order valence-corrected chi connectivity index (χ4v) is 2.30. The molecule has 2 rings (SSSR count). The van der Waals surface area contributed by atoms with Crippen LogP contribution in [-0.4, -0.2) is 51.6 Å². The molecule has 21 heavy (non-hydrogen) atoms. The van der Waals surface area contributed by atoms with Crippen molar-refractivity contribution in [2.45, 2.75) is 27.2 Å². The molecule has 0 fully saturated rings. The van der Waals surface area contributed by atoms with E-state index in [2.05, 4.69) is 34.3 Å². The van der Waals surface area contributed by atoms with E-state index >= 15 is 0 Å². The molecular weight excluding hydrogens is 266 g/mol. The number of aromatic nitrogens is 3. The number of pyridine rings is 1. The molecule has 0 aliphatic carbocycles. The van der Waals surface area contributed by atoms with Crippen LogP contribution in [0.4, 0.5) is 0 Å². The quantitative estimate of drug-likeness (QED) is 0.785. The van der Waals surface area contributed by atoms with Crippen LogP contribution in [0.15, 0.2) is 18.3 Å². The van der Waals surface area contributed by atoms with Crippen molar-refractivity contribution in [3.05, 3.63) is 29.7 Å². The fourth-order valence-electron chi connectivity index (χ4n) is 2.30. The van der Waals surface area contributed by atoms with E-state index in [1.165, 1.54) is 0 Å². The summed E-state index contributed by atoms with van der Waals surface area (Å²) in [6, 6.07) is 3.56. The first-order chi connectivity index (χ1) is 10.2. The Bertz CT molecular complexity index is 603. The molecule has 114 valence electrons. The van der Waals surface area contributed by atoms with Gasteiger partial charge in [0.15, 0.2) is 5.65 Å². The van der Waals surface area contributed by atoms with Crippen molar-refractivity contribution in [3.63, 3.8) is 0 Å². The summed E-state index contributed by atoms with van der Waals surface area (Å²) < 4.78 is 1.86. The maximum atomic E-state index is 12.1. The topological polar surface area (TPSA) is 62.5 Å². The van der Waals surface area contributed by atoms with Gasteiger partial charge in [0.1, 0.15) is 5.82 Å². The largest absolute Gasteiger partial charge is 0.352 e. The van der Waals surface area contributed by atoms with Gasteiger partial charge in [-0.05, 0) is 45.1 Å². The highest BCUT2D eigenvalue weighted by molar-refractivity contribution is 5.94. The molecule has 0 radical (unpaired) electrons. The van der Waals surface area contributed by atoms with Gasteiger partial charge in [0, 0.05) is 18.3 Å². The standard InChI is InChI=1S/C15H23N5O/c1-4-19(5-2)9-6-8-16-15(21)13-7-10-20-12(3)17-18-14(20)11-13/h7,10-11H,4-6,8-9H2,1-3H3,(H,16,21). The van der Waals surface area contributed by atoms with E-state index in [0.717, 1.165) is 31.9 Å². The van der Waals surface area contributed by atoms with Gasteiger partial charge in [-0.15, -0.1) is 10.2 Å². The highest BCUT2D eigenvalue weighted by Crippen LogP contribution is 2.06. The van der Waals surface area contributed by atoms with Crippen LogP contribution in [0.3, 0.4) is 0 Å². The van der Waals surface area contributed by atoms with Crippen molar-refractivity contribution in [3.8, 4) is 0 Å². The summed E-state index contributed by atoms with van der Waals surface area (Å²) in [5.41, 5.74) is 1.32. The van der Waals surface area contributed by atoms with Gasteiger partial charge in [0.05, 0.1) is 0 Å². The second kappa shape index (κ2) is 7.17. The number of rotatable bonds is 7. The lowest BCUT2D eigenvalue weighted by molar-refractivity contribution is 0.0952. The van der Waals surface area contributed by atoms with Gasteiger partial charge >= 0.3 is 0 Å². The summed E-state index contributed by atoms with van der Waals surface area (Å²) in [7, 11) is 0. The lowest BCUT2D eigenvalue weighted by Crippen LogP contribution is -2.29. The molecule has 1 N–H and O–H groups in total. The first-order valence-corrected chi connectivity index (χ1v) is 7.47. The fraction of sp³-hybridized carbons (Fsp3) is 0.533. The van der Waals surface area contributed by atoms with E-state index in [4.69, 9.17) is 0 Å². The van der Waals surface area contributed by atoms with Crippen molar-refractivity contribution < 1.29 is 4.79 Å². The molecule has 0 atom stereocenters. The monoisotopic (exact) mass is 289 g/mol. The van der Waals surface area contributed by atoms with Gasteiger partial charge in [0.25, 0.3) is 5.91 Å². The Morgan fingerprint density at radius 1 is 1.33 bits per heavy atom. The molecule has 0 bridgehead atoms. The highest BCUT2D eigenvalue weighted by atomic mass is 16.1. The molecule has 2 aromatic heterocycles. The molecule has 0 aromatic carbocycles. The number of fused-ring (bicyclic) bond motifs is 1. The third-order valence-corrected chi connectivity index (χ3v) is 3.67. The van der Waals surface area contributed by atoms with Gasteiger partial charge in [0.2, 0.25) is 0 Å². The highest BCUT2D eigenvalue weighted by Gasteiger charge is 2.08. The molecule has 0 unspecified atom stereocenters. The van der Waals surface area contributed by atoms with Crippen LogP contribution >= 0.6 is 0 Å². The molecule has 0 saturated carbocycles. The van der Waals surface area contributed by atoms with E-state index in [1.807, 2.05) is 17.5 Å². The number of carbonyl (C=O) groups is 1. The maximum Gasteiger partial charge on any atom is 0.251 e. The van der Waals surface area contributed by atoms with Crippen LogP contribution in [0.1, 0.15) is 36.5 Å². The Balaban J connectivity index is 1.87. The zero-order valence-electron chi connectivity index (χ0n) is 13.0. The van der Waals surface area contributed by atoms with Crippen LogP contribution in [-0.2, 0) is 0 Å². The number of nitrogens with zero attached hydrogens (tertiary/aromatic N) is 4. The molecular formula is C15H23N5O. The van der Waals surface area contributed by atoms with E-state index in [-0.39, 0.29) is 5.91 Å². The number of nitrogens with one attached hydrogen (secondary N) is 1. The number of aryl methyl sites for hydroxylation is 1. The lowest BCUT2D eigenvalue weighted by Gasteiger charge is -2.17. The molecule has 2 heterocycles. The van der Waals surface area contributed by atoms with Gasteiger partial charge in [-0.25, -0.2) is 0 Å². The second-order valence-corrected chi connectivity index (χ2v) is 5.03. The van der Waals surface area contributed by atoms with Crippen molar-refractivity contribution in [1.29, 1.82) is 0 Å². The number of carbonyl (C=O) groups excluding carboxylic acids is 1. The zero-order chi connectivity index (χ0) is 15.2. The number of hydrogen-bond acceptors (Lipinski definition) is 4. The van der Waals surface area contributed by atoms with Crippen LogP contribution < -0.4 is 5.32 Å². The smallest absolute Gasteiger partial charge is 0.251 e. The molecule has 0 spiro atoms. The van der Waals surface area contributed by atoms with Crippen LogP contribution in [0.5, 0.6) is 0 Å². The number of hydrogen-bond donors (Lipinski definition) is 1. The number of amides is 1. The van der Waals surface area contributed by atoms with E-state index in [9.17, 15) is 4.79 Å². The first kappa shape index (κ1) is 15.4. The van der Waals surface area contributed by atoms with Gasteiger partial charge < -0.3 is 10.2 Å². The Labute approximate surface area is 125 Å². The average molecular weight is 289 g/mol. The summed E-state index contributed by atoms with van der Waals surface area (Å²) in [5.74, 6) is 0.758. The summed E-state index contributed by atoms with van der Waals surface area (Å²) in [6.45, 7) is 9.98. The molecule has 0 aliphatic heterocycles. The maximum absolute atomic E-state index is 12.1. The Morgan fingerprint density at radius 3 is 2.81 bits per heavy atom. The molecule has 0 aliphatic rings. The molecule has 0 saturated heterocycles. The minimum Gasteiger partial charge on any atom is -0.352 e. The van der Waals surface area contributed by atoms with Crippen molar-refractivity contribution in [2.24, 2.45) is 0 Å². The molecule has 1 amide bonds. The van der Waals surface area contributed by atoms with Gasteiger partial charge in [-0.3, -0.25) is 9.20 Å². The lowest BCUT2D eigenvalue weighted by atomic mass is 10.2. The van der Waals surface area contributed by atoms with Crippen LogP contribution in [0.25, 0.3) is 5.65 Å². The third-order valence-electron chi connectivity index (χ3n) is 3.67. The normalized spacial score (nSPS) is 11.2.